The van der Waals surface area contributed by atoms with E-state index in [0.29, 0.717) is 6.54 Å². The fourth-order valence-corrected chi connectivity index (χ4v) is 2.54. The van der Waals surface area contributed by atoms with E-state index >= 15 is 0 Å². The fraction of sp³-hybridized carbons (Fsp3) is 0.154. The lowest BCUT2D eigenvalue weighted by molar-refractivity contribution is 0.682. The molecule has 18 heavy (non-hydrogen) atoms. The predicted molar refractivity (Wildman–Crippen MR) is 73.8 cm³/mol. The zero-order valence-electron chi connectivity index (χ0n) is 9.69. The summed E-state index contributed by atoms with van der Waals surface area (Å²) in [6, 6.07) is 8.41. The van der Waals surface area contributed by atoms with Crippen LogP contribution in [0.1, 0.15) is 11.3 Å². The third-order valence-electron chi connectivity index (χ3n) is 2.83. The number of aromatic nitrogens is 2. The van der Waals surface area contributed by atoms with Crippen molar-refractivity contribution in [1.82, 2.24) is 15.3 Å². The Morgan fingerprint density at radius 3 is 3.00 bits per heavy atom. The number of aromatic amines is 2. The van der Waals surface area contributed by atoms with Crippen LogP contribution < -0.4 is 10.2 Å². The molecule has 0 unspecified atom stereocenters. The first kappa shape index (κ1) is 11.3. The largest absolute Gasteiger partial charge is 0.361 e. The van der Waals surface area contributed by atoms with E-state index in [-0.39, 0.29) is 4.87 Å². The Morgan fingerprint density at radius 1 is 1.22 bits per heavy atom. The third kappa shape index (κ3) is 2.37. The topological polar surface area (TPSA) is 60.7 Å². The van der Waals surface area contributed by atoms with Gasteiger partial charge in [0.25, 0.3) is 0 Å². The smallest absolute Gasteiger partial charge is 0.304 e. The van der Waals surface area contributed by atoms with Crippen molar-refractivity contribution in [3.63, 3.8) is 0 Å². The highest BCUT2D eigenvalue weighted by Crippen LogP contribution is 2.14. The molecule has 92 valence electrons. The Hall–Kier alpha value is -1.85. The van der Waals surface area contributed by atoms with Crippen molar-refractivity contribution in [3.05, 3.63) is 56.8 Å². The Kier molecular flexibility index (Phi) is 3.00. The molecule has 3 N–H and O–H groups in total. The quantitative estimate of drug-likeness (QED) is 0.672. The minimum atomic E-state index is 0.000502. The zero-order chi connectivity index (χ0) is 12.4. The van der Waals surface area contributed by atoms with Gasteiger partial charge in [-0.3, -0.25) is 4.79 Å². The molecule has 5 heteroatoms. The predicted octanol–water partition coefficient (Wildman–Crippen LogP) is 2.21. The van der Waals surface area contributed by atoms with Gasteiger partial charge in [0, 0.05) is 35.9 Å². The average molecular weight is 259 g/mol. The van der Waals surface area contributed by atoms with E-state index in [2.05, 4.69) is 39.6 Å². The maximum absolute atomic E-state index is 11.0. The highest BCUT2D eigenvalue weighted by Gasteiger charge is 1.99. The van der Waals surface area contributed by atoms with E-state index < -0.39 is 0 Å². The second-order valence-corrected chi connectivity index (χ2v) is 5.02. The molecular weight excluding hydrogens is 246 g/mol. The molecule has 0 fully saturated rings. The van der Waals surface area contributed by atoms with Crippen LogP contribution in [0.15, 0.2) is 40.6 Å². The van der Waals surface area contributed by atoms with Crippen LogP contribution in [0.4, 0.5) is 0 Å². The van der Waals surface area contributed by atoms with E-state index in [9.17, 15) is 4.79 Å². The van der Waals surface area contributed by atoms with Crippen molar-refractivity contribution >= 4 is 22.2 Å². The Labute approximate surface area is 108 Å². The van der Waals surface area contributed by atoms with Crippen LogP contribution in [0, 0.1) is 0 Å². The van der Waals surface area contributed by atoms with Gasteiger partial charge in [0.1, 0.15) is 0 Å². The molecule has 0 saturated carbocycles. The Balaban J connectivity index is 1.64. The summed E-state index contributed by atoms with van der Waals surface area (Å²) in [6.45, 7) is 1.48. The molecule has 0 amide bonds. The molecule has 0 saturated heterocycles. The van der Waals surface area contributed by atoms with Crippen molar-refractivity contribution in [2.75, 3.05) is 0 Å². The lowest BCUT2D eigenvalue weighted by Gasteiger charge is -2.03. The molecule has 1 aromatic carbocycles. The van der Waals surface area contributed by atoms with Crippen LogP contribution in [0.3, 0.4) is 0 Å². The van der Waals surface area contributed by atoms with E-state index in [1.54, 1.807) is 0 Å². The average Bonchev–Trinajstić information content (AvgIpc) is 2.97. The number of hydrogen-bond acceptors (Lipinski definition) is 3. The van der Waals surface area contributed by atoms with Gasteiger partial charge in [-0.2, -0.15) is 0 Å². The van der Waals surface area contributed by atoms with E-state index in [0.717, 1.165) is 17.8 Å². The Morgan fingerprint density at radius 2 is 2.17 bits per heavy atom. The molecule has 0 spiro atoms. The van der Waals surface area contributed by atoms with Gasteiger partial charge in [0.2, 0.25) is 0 Å². The van der Waals surface area contributed by atoms with Crippen molar-refractivity contribution in [2.45, 2.75) is 13.1 Å². The zero-order valence-corrected chi connectivity index (χ0v) is 10.5. The van der Waals surface area contributed by atoms with Crippen LogP contribution in [-0.4, -0.2) is 9.97 Å². The summed E-state index contributed by atoms with van der Waals surface area (Å²) in [4.78, 5) is 16.9. The van der Waals surface area contributed by atoms with Crippen molar-refractivity contribution in [1.29, 1.82) is 0 Å². The van der Waals surface area contributed by atoms with Gasteiger partial charge >= 0.3 is 4.87 Å². The molecule has 3 aromatic rings. The molecule has 0 aliphatic rings. The second-order valence-electron chi connectivity index (χ2n) is 4.18. The first-order valence-corrected chi connectivity index (χ1v) is 6.63. The summed E-state index contributed by atoms with van der Waals surface area (Å²) in [5.74, 6) is 0. The first-order valence-electron chi connectivity index (χ1n) is 5.75. The lowest BCUT2D eigenvalue weighted by atomic mass is 10.1. The van der Waals surface area contributed by atoms with E-state index in [1.807, 2.05) is 11.6 Å². The summed E-state index contributed by atoms with van der Waals surface area (Å²) in [7, 11) is 0. The van der Waals surface area contributed by atoms with Gasteiger partial charge in [-0.05, 0) is 29.1 Å². The molecule has 0 radical (unpaired) electrons. The fourth-order valence-electron chi connectivity index (χ4n) is 1.95. The van der Waals surface area contributed by atoms with Crippen LogP contribution >= 0.6 is 11.3 Å². The summed E-state index contributed by atoms with van der Waals surface area (Å²) >= 11 is 1.20. The summed E-state index contributed by atoms with van der Waals surface area (Å²) in [5, 5.41) is 6.39. The molecule has 0 aliphatic carbocycles. The van der Waals surface area contributed by atoms with E-state index in [1.165, 1.54) is 22.3 Å². The normalized spacial score (nSPS) is 11.1. The molecule has 0 aliphatic heterocycles. The lowest BCUT2D eigenvalue weighted by Crippen LogP contribution is -2.13. The number of hydrogen-bond donors (Lipinski definition) is 3. The summed E-state index contributed by atoms with van der Waals surface area (Å²) in [6.07, 6.45) is 1.94. The highest BCUT2D eigenvalue weighted by molar-refractivity contribution is 7.07. The van der Waals surface area contributed by atoms with Gasteiger partial charge in [-0.1, -0.05) is 17.4 Å². The number of benzene rings is 1. The maximum atomic E-state index is 11.0. The standard InChI is InChI=1S/C13H13N3OS/c17-13-16-11(8-18-13)7-14-6-9-1-2-12-10(5-9)3-4-15-12/h1-5,8,14-15H,6-7H2,(H,16,17). The number of thiazole rings is 1. The van der Waals surface area contributed by atoms with Crippen molar-refractivity contribution in [3.8, 4) is 0 Å². The molecular formula is C13H13N3OS. The van der Waals surface area contributed by atoms with Gasteiger partial charge in [0.05, 0.1) is 0 Å². The molecule has 2 heterocycles. The van der Waals surface area contributed by atoms with Crippen LogP contribution in [0.25, 0.3) is 10.9 Å². The van der Waals surface area contributed by atoms with Crippen LogP contribution in [0.5, 0.6) is 0 Å². The van der Waals surface area contributed by atoms with Gasteiger partial charge in [-0.15, -0.1) is 0 Å². The third-order valence-corrected chi connectivity index (χ3v) is 3.55. The SMILES string of the molecule is O=c1[nH]c(CNCc2ccc3[nH]ccc3c2)cs1. The van der Waals surface area contributed by atoms with Crippen molar-refractivity contribution in [2.24, 2.45) is 0 Å². The second kappa shape index (κ2) is 4.80. The number of fused-ring (bicyclic) bond motifs is 1. The van der Waals surface area contributed by atoms with E-state index in [4.69, 9.17) is 0 Å². The molecule has 3 rings (SSSR count). The summed E-state index contributed by atoms with van der Waals surface area (Å²) in [5.41, 5.74) is 3.33. The minimum absolute atomic E-state index is 0.000502. The number of H-pyrrole nitrogens is 2. The van der Waals surface area contributed by atoms with Crippen LogP contribution in [0.2, 0.25) is 0 Å². The molecule has 0 bridgehead atoms. The maximum Gasteiger partial charge on any atom is 0.304 e. The minimum Gasteiger partial charge on any atom is -0.361 e. The Bertz CT molecular complexity index is 710. The number of rotatable bonds is 4. The molecule has 0 atom stereocenters. The molecule has 4 nitrogen and oxygen atoms in total. The highest BCUT2D eigenvalue weighted by atomic mass is 32.1. The van der Waals surface area contributed by atoms with Gasteiger partial charge in [0.15, 0.2) is 0 Å². The number of nitrogens with one attached hydrogen (secondary N) is 3. The van der Waals surface area contributed by atoms with Gasteiger partial charge < -0.3 is 15.3 Å². The summed E-state index contributed by atoms with van der Waals surface area (Å²) < 4.78 is 0. The first-order chi connectivity index (χ1) is 8.81. The van der Waals surface area contributed by atoms with Crippen molar-refractivity contribution < 1.29 is 0 Å². The van der Waals surface area contributed by atoms with Gasteiger partial charge in [-0.25, -0.2) is 0 Å². The monoisotopic (exact) mass is 259 g/mol. The molecule has 2 aromatic heterocycles. The van der Waals surface area contributed by atoms with Crippen LogP contribution in [-0.2, 0) is 13.1 Å².